The maximum Gasteiger partial charge on any atom is 0.242 e. The summed E-state index contributed by atoms with van der Waals surface area (Å²) in [4.78, 5) is 12.5. The van der Waals surface area contributed by atoms with E-state index in [0.717, 1.165) is 5.56 Å². The molecular formula is C21H28N2O4S. The number of nitrogens with one attached hydrogen (secondary N) is 2. The predicted octanol–water partition coefficient (Wildman–Crippen LogP) is 3.82. The highest BCUT2D eigenvalue weighted by atomic mass is 32.2. The molecule has 7 heteroatoms. The van der Waals surface area contributed by atoms with Crippen molar-refractivity contribution in [1.82, 2.24) is 4.72 Å². The van der Waals surface area contributed by atoms with Gasteiger partial charge in [-0.15, -0.1) is 0 Å². The van der Waals surface area contributed by atoms with Crippen LogP contribution in [0.25, 0.3) is 0 Å². The lowest BCUT2D eigenvalue weighted by molar-refractivity contribution is -0.117. The van der Waals surface area contributed by atoms with E-state index in [1.807, 2.05) is 31.2 Å². The van der Waals surface area contributed by atoms with Crippen LogP contribution in [0.3, 0.4) is 0 Å². The molecule has 0 aliphatic heterocycles. The van der Waals surface area contributed by atoms with Crippen molar-refractivity contribution in [3.63, 3.8) is 0 Å². The summed E-state index contributed by atoms with van der Waals surface area (Å²) in [7, 11) is -3.84. The van der Waals surface area contributed by atoms with Gasteiger partial charge in [-0.05, 0) is 68.1 Å². The molecule has 0 bridgehead atoms. The van der Waals surface area contributed by atoms with Crippen molar-refractivity contribution in [3.8, 4) is 5.75 Å². The lowest BCUT2D eigenvalue weighted by atomic mass is 10.0. The predicted molar refractivity (Wildman–Crippen MR) is 111 cm³/mol. The highest BCUT2D eigenvalue weighted by molar-refractivity contribution is 7.89. The number of hydrogen-bond donors (Lipinski definition) is 2. The van der Waals surface area contributed by atoms with Gasteiger partial charge >= 0.3 is 0 Å². The van der Waals surface area contributed by atoms with Gasteiger partial charge < -0.3 is 10.1 Å². The quantitative estimate of drug-likeness (QED) is 0.700. The van der Waals surface area contributed by atoms with E-state index in [2.05, 4.69) is 23.9 Å². The molecule has 0 radical (unpaired) electrons. The van der Waals surface area contributed by atoms with Gasteiger partial charge in [0.25, 0.3) is 0 Å². The van der Waals surface area contributed by atoms with Crippen LogP contribution in [0.4, 0.5) is 5.69 Å². The fraction of sp³-hybridized carbons (Fsp3) is 0.381. The second-order valence-electron chi connectivity index (χ2n) is 6.97. The van der Waals surface area contributed by atoms with Crippen molar-refractivity contribution in [2.75, 3.05) is 11.9 Å². The molecule has 1 atom stereocenters. The van der Waals surface area contributed by atoms with Crippen LogP contribution in [0.2, 0.25) is 0 Å². The van der Waals surface area contributed by atoms with Gasteiger partial charge in [-0.1, -0.05) is 26.0 Å². The maximum atomic E-state index is 12.6. The third-order valence-corrected chi connectivity index (χ3v) is 5.87. The van der Waals surface area contributed by atoms with Crippen molar-refractivity contribution < 1.29 is 17.9 Å². The first kappa shape index (κ1) is 21.9. The smallest absolute Gasteiger partial charge is 0.242 e. The van der Waals surface area contributed by atoms with E-state index in [4.69, 9.17) is 4.74 Å². The summed E-state index contributed by atoms with van der Waals surface area (Å²) in [6, 6.07) is 11.2. The molecule has 2 rings (SSSR count). The van der Waals surface area contributed by atoms with Gasteiger partial charge in [0.05, 0.1) is 17.5 Å². The van der Waals surface area contributed by atoms with E-state index < -0.39 is 22.0 Å². The van der Waals surface area contributed by atoms with Crippen LogP contribution >= 0.6 is 0 Å². The van der Waals surface area contributed by atoms with Crippen LogP contribution in [0.5, 0.6) is 5.75 Å². The molecule has 0 aliphatic carbocycles. The summed E-state index contributed by atoms with van der Waals surface area (Å²) in [5, 5.41) is 2.73. The number of amides is 1. The Labute approximate surface area is 167 Å². The van der Waals surface area contributed by atoms with Crippen molar-refractivity contribution in [1.29, 1.82) is 0 Å². The van der Waals surface area contributed by atoms with Crippen LogP contribution in [0.1, 0.15) is 44.7 Å². The number of ether oxygens (including phenoxy) is 1. The van der Waals surface area contributed by atoms with Gasteiger partial charge in [-0.25, -0.2) is 8.42 Å². The van der Waals surface area contributed by atoms with Crippen molar-refractivity contribution in [3.05, 3.63) is 53.6 Å². The lowest BCUT2D eigenvalue weighted by Gasteiger charge is -2.16. The average molecular weight is 405 g/mol. The number of anilines is 1. The van der Waals surface area contributed by atoms with Crippen LogP contribution < -0.4 is 14.8 Å². The van der Waals surface area contributed by atoms with Crippen LogP contribution in [0.15, 0.2) is 47.4 Å². The zero-order chi connectivity index (χ0) is 20.9. The Bertz CT molecular complexity index is 922. The molecule has 2 N–H and O–H groups in total. The Balaban J connectivity index is 2.06. The minimum absolute atomic E-state index is 0.0920. The monoisotopic (exact) mass is 404 g/mol. The minimum atomic E-state index is -3.84. The first-order chi connectivity index (χ1) is 13.1. The van der Waals surface area contributed by atoms with Crippen LogP contribution in [-0.4, -0.2) is 27.0 Å². The summed E-state index contributed by atoms with van der Waals surface area (Å²) in [5.74, 6) is 0.605. The number of hydrogen-bond acceptors (Lipinski definition) is 4. The lowest BCUT2D eigenvalue weighted by Crippen LogP contribution is -2.41. The summed E-state index contributed by atoms with van der Waals surface area (Å²) < 4.78 is 33.1. The maximum absolute atomic E-state index is 12.6. The molecule has 0 saturated heterocycles. The number of aryl methyl sites for hydroxylation is 1. The number of carbonyl (C=O) groups excluding carboxylic acids is 1. The molecular weight excluding hydrogens is 376 g/mol. The van der Waals surface area contributed by atoms with Gasteiger partial charge in [0.2, 0.25) is 15.9 Å². The Hall–Kier alpha value is -2.38. The van der Waals surface area contributed by atoms with E-state index >= 15 is 0 Å². The molecule has 0 spiro atoms. The second kappa shape index (κ2) is 9.21. The molecule has 0 aliphatic rings. The summed E-state index contributed by atoms with van der Waals surface area (Å²) >= 11 is 0. The SMILES string of the molecule is CCOc1ccc(S(=O)(=O)N[C@H](C)C(=O)Nc2ccc(C(C)C)cc2)cc1C. The molecule has 152 valence electrons. The molecule has 0 saturated carbocycles. The van der Waals surface area contributed by atoms with E-state index in [-0.39, 0.29) is 4.90 Å². The highest BCUT2D eigenvalue weighted by Crippen LogP contribution is 2.22. The van der Waals surface area contributed by atoms with E-state index in [1.54, 1.807) is 13.0 Å². The molecule has 0 heterocycles. The molecule has 1 amide bonds. The van der Waals surface area contributed by atoms with Gasteiger partial charge in [0.1, 0.15) is 5.75 Å². The van der Waals surface area contributed by atoms with E-state index in [9.17, 15) is 13.2 Å². The molecule has 0 fully saturated rings. The Kier molecular flexibility index (Phi) is 7.21. The normalized spacial score (nSPS) is 12.6. The summed E-state index contributed by atoms with van der Waals surface area (Å²) in [6.07, 6.45) is 0. The minimum Gasteiger partial charge on any atom is -0.494 e. The largest absolute Gasteiger partial charge is 0.494 e. The zero-order valence-corrected chi connectivity index (χ0v) is 17.8. The number of rotatable bonds is 8. The van der Waals surface area contributed by atoms with Gasteiger partial charge in [-0.2, -0.15) is 4.72 Å². The van der Waals surface area contributed by atoms with Crippen LogP contribution in [0, 0.1) is 6.92 Å². The van der Waals surface area contributed by atoms with Crippen molar-refractivity contribution in [2.45, 2.75) is 51.5 Å². The molecule has 2 aromatic carbocycles. The highest BCUT2D eigenvalue weighted by Gasteiger charge is 2.23. The molecule has 0 aromatic heterocycles. The number of benzene rings is 2. The third-order valence-electron chi connectivity index (χ3n) is 4.33. The topological polar surface area (TPSA) is 84.5 Å². The van der Waals surface area contributed by atoms with Crippen LogP contribution in [-0.2, 0) is 14.8 Å². The summed E-state index contributed by atoms with van der Waals surface area (Å²) in [6.45, 7) is 9.83. The Morgan fingerprint density at radius 1 is 1.07 bits per heavy atom. The molecule has 6 nitrogen and oxygen atoms in total. The Morgan fingerprint density at radius 2 is 1.71 bits per heavy atom. The van der Waals surface area contributed by atoms with E-state index in [1.165, 1.54) is 19.1 Å². The fourth-order valence-corrected chi connectivity index (χ4v) is 3.95. The second-order valence-corrected chi connectivity index (χ2v) is 8.68. The molecule has 2 aromatic rings. The van der Waals surface area contributed by atoms with Crippen molar-refractivity contribution >= 4 is 21.6 Å². The zero-order valence-electron chi connectivity index (χ0n) is 16.9. The number of sulfonamides is 1. The first-order valence-electron chi connectivity index (χ1n) is 9.30. The van der Waals surface area contributed by atoms with Gasteiger partial charge in [-0.3, -0.25) is 4.79 Å². The number of carbonyl (C=O) groups is 1. The van der Waals surface area contributed by atoms with Gasteiger partial charge in [0, 0.05) is 5.69 Å². The summed E-state index contributed by atoms with van der Waals surface area (Å²) in [5.41, 5.74) is 2.50. The van der Waals surface area contributed by atoms with Crippen molar-refractivity contribution in [2.24, 2.45) is 0 Å². The third kappa shape index (κ3) is 5.56. The van der Waals surface area contributed by atoms with E-state index in [0.29, 0.717) is 29.5 Å². The molecule has 0 unspecified atom stereocenters. The van der Waals surface area contributed by atoms with Gasteiger partial charge in [0.15, 0.2) is 0 Å². The first-order valence-corrected chi connectivity index (χ1v) is 10.8. The Morgan fingerprint density at radius 3 is 2.25 bits per heavy atom. The average Bonchev–Trinajstić information content (AvgIpc) is 2.63. The molecule has 28 heavy (non-hydrogen) atoms. The fourth-order valence-electron chi connectivity index (χ4n) is 2.66. The standard InChI is InChI=1S/C21H28N2O4S/c1-6-27-20-12-11-19(13-15(20)4)28(25,26)23-16(5)21(24)22-18-9-7-17(8-10-18)14(2)3/h7-14,16,23H,6H2,1-5H3,(H,22,24)/t16-/m1/s1.